The molecule has 2 aromatic carbocycles. The average molecular weight is 689 g/mol. The largest absolute Gasteiger partial charge is 0.496 e. The van der Waals surface area contributed by atoms with E-state index >= 15 is 0 Å². The molecule has 51 heavy (non-hydrogen) atoms. The van der Waals surface area contributed by atoms with Crippen molar-refractivity contribution in [1.82, 2.24) is 0 Å². The molecule has 1 nitrogen and oxygen atoms in total. The number of hydrogen-bond acceptors (Lipinski definition) is 1. The zero-order valence-corrected chi connectivity index (χ0v) is 34.6. The van der Waals surface area contributed by atoms with Crippen molar-refractivity contribution < 1.29 is 4.74 Å². The van der Waals surface area contributed by atoms with Gasteiger partial charge >= 0.3 is 0 Å². The minimum absolute atomic E-state index is 0.565. The summed E-state index contributed by atoms with van der Waals surface area (Å²) in [7, 11) is 1.77. The summed E-state index contributed by atoms with van der Waals surface area (Å²) in [4.78, 5) is 0. The molecule has 2 aromatic rings. The molecule has 2 rings (SSSR count). The summed E-state index contributed by atoms with van der Waals surface area (Å²) >= 11 is 0. The van der Waals surface area contributed by atoms with Gasteiger partial charge in [-0.1, -0.05) is 125 Å². The van der Waals surface area contributed by atoms with Gasteiger partial charge in [-0.05, 0) is 167 Å². The van der Waals surface area contributed by atoms with Crippen molar-refractivity contribution in [3.8, 4) is 5.75 Å². The van der Waals surface area contributed by atoms with Crippen molar-refractivity contribution in [2.45, 2.75) is 146 Å². The lowest BCUT2D eigenvalue weighted by molar-refractivity contribution is 0.416. The maximum Gasteiger partial charge on any atom is 0.129 e. The molecule has 0 N–H and O–H groups in total. The molecule has 278 valence electrons. The Labute approximate surface area is 314 Å². The Hall–Kier alpha value is -3.58. The fourth-order valence-corrected chi connectivity index (χ4v) is 7.06. The number of ether oxygens (including phenoxy) is 1. The summed E-state index contributed by atoms with van der Waals surface area (Å²) in [6, 6.07) is 8.49. The molecule has 0 aliphatic carbocycles. The molecule has 0 saturated heterocycles. The standard InChI is InChI=1S/C50H72O/c1-13-46-47(45(11)50(51-12)49-32-15-14-31-48(46)49)34-33-41(7)28-20-30-43(9)36-44(10)35-42(8)29-19-27-40(6)26-18-25-39(5)24-17-23-38(4)22-16-21-37(2)3/h13-15,21,23,25,27,30-33,35,44H,1,16-20,22,24,26,28-29,34,36H2,2-12H3. The molecule has 0 heterocycles. The highest BCUT2D eigenvalue weighted by molar-refractivity contribution is 5.97. The molecular weight excluding hydrogens is 617 g/mol. The van der Waals surface area contributed by atoms with E-state index in [4.69, 9.17) is 4.74 Å². The van der Waals surface area contributed by atoms with Gasteiger partial charge in [0.05, 0.1) is 7.11 Å². The highest BCUT2D eigenvalue weighted by atomic mass is 16.5. The van der Waals surface area contributed by atoms with E-state index in [1.807, 2.05) is 6.08 Å². The Bertz CT molecular complexity index is 1620. The first-order chi connectivity index (χ1) is 24.4. The lowest BCUT2D eigenvalue weighted by Gasteiger charge is -2.17. The summed E-state index contributed by atoms with van der Waals surface area (Å²) in [6.07, 6.45) is 32.5. The second-order valence-electron chi connectivity index (χ2n) is 15.4. The fourth-order valence-electron chi connectivity index (χ4n) is 7.06. The van der Waals surface area contributed by atoms with Crippen molar-refractivity contribution in [2.75, 3.05) is 7.11 Å². The summed E-state index contributed by atoms with van der Waals surface area (Å²) in [5, 5.41) is 2.37. The van der Waals surface area contributed by atoms with E-state index in [1.54, 1.807) is 7.11 Å². The van der Waals surface area contributed by atoms with Crippen molar-refractivity contribution in [3.63, 3.8) is 0 Å². The quantitative estimate of drug-likeness (QED) is 0.112. The van der Waals surface area contributed by atoms with Crippen molar-refractivity contribution >= 4 is 16.8 Å². The molecule has 1 heteroatoms. The third-order valence-electron chi connectivity index (χ3n) is 10.1. The normalized spacial score (nSPS) is 14.3. The lowest BCUT2D eigenvalue weighted by Crippen LogP contribution is -1.99. The van der Waals surface area contributed by atoms with Crippen LogP contribution in [0.15, 0.2) is 112 Å². The lowest BCUT2D eigenvalue weighted by atomic mass is 9.91. The van der Waals surface area contributed by atoms with Crippen LogP contribution in [-0.4, -0.2) is 7.11 Å². The Morgan fingerprint density at radius 3 is 1.57 bits per heavy atom. The van der Waals surface area contributed by atoms with Crippen LogP contribution in [0.5, 0.6) is 5.75 Å². The van der Waals surface area contributed by atoms with E-state index in [1.165, 1.54) is 86.8 Å². The van der Waals surface area contributed by atoms with E-state index in [-0.39, 0.29) is 0 Å². The molecule has 0 bridgehead atoms. The van der Waals surface area contributed by atoms with Crippen LogP contribution in [0, 0.1) is 12.8 Å². The Balaban J connectivity index is 1.77. The van der Waals surface area contributed by atoms with Crippen LogP contribution in [0.2, 0.25) is 0 Å². The van der Waals surface area contributed by atoms with Crippen molar-refractivity contribution in [1.29, 1.82) is 0 Å². The number of rotatable bonds is 22. The second kappa shape index (κ2) is 23.8. The fraction of sp³-hybridized carbons (Fsp3) is 0.480. The predicted octanol–water partition coefficient (Wildman–Crippen LogP) is 15.9. The first-order valence-corrected chi connectivity index (χ1v) is 19.7. The summed E-state index contributed by atoms with van der Waals surface area (Å²) in [6.45, 7) is 26.8. The van der Waals surface area contributed by atoms with Crippen LogP contribution in [0.3, 0.4) is 0 Å². The smallest absolute Gasteiger partial charge is 0.129 e. The van der Waals surface area contributed by atoms with E-state index in [0.29, 0.717) is 5.92 Å². The summed E-state index contributed by atoms with van der Waals surface area (Å²) in [5.74, 6) is 1.54. The highest BCUT2D eigenvalue weighted by Crippen LogP contribution is 2.37. The zero-order chi connectivity index (χ0) is 37.8. The minimum atomic E-state index is 0.565. The van der Waals surface area contributed by atoms with Crippen LogP contribution in [0.25, 0.3) is 16.8 Å². The summed E-state index contributed by atoms with van der Waals surface area (Å²) < 4.78 is 5.85. The third-order valence-corrected chi connectivity index (χ3v) is 10.1. The SMILES string of the molecule is C=Cc1c(CC=C(C)CCC=C(C)CC(C)C=C(C)CCC=C(C)CCC=C(C)CCC=C(C)CCC=C(C)C)c(C)c(OC)c2ccccc12. The molecule has 0 aliphatic heterocycles. The minimum Gasteiger partial charge on any atom is -0.496 e. The summed E-state index contributed by atoms with van der Waals surface area (Å²) in [5.41, 5.74) is 14.2. The Morgan fingerprint density at radius 1 is 0.627 bits per heavy atom. The van der Waals surface area contributed by atoms with Gasteiger partial charge in [0.25, 0.3) is 0 Å². The van der Waals surface area contributed by atoms with Gasteiger partial charge in [0, 0.05) is 5.39 Å². The van der Waals surface area contributed by atoms with Gasteiger partial charge in [-0.25, -0.2) is 0 Å². The van der Waals surface area contributed by atoms with E-state index in [9.17, 15) is 0 Å². The monoisotopic (exact) mass is 689 g/mol. The van der Waals surface area contributed by atoms with Crippen LogP contribution in [-0.2, 0) is 6.42 Å². The maximum atomic E-state index is 5.85. The van der Waals surface area contributed by atoms with Gasteiger partial charge in [0.1, 0.15) is 5.75 Å². The molecule has 0 aliphatic rings. The van der Waals surface area contributed by atoms with Gasteiger partial charge in [-0.15, -0.1) is 0 Å². The van der Waals surface area contributed by atoms with Gasteiger partial charge in [0.15, 0.2) is 0 Å². The van der Waals surface area contributed by atoms with Gasteiger partial charge in [-0.3, -0.25) is 0 Å². The number of fused-ring (bicyclic) bond motifs is 1. The number of benzene rings is 2. The molecule has 0 radical (unpaired) electrons. The van der Waals surface area contributed by atoms with Crippen LogP contribution < -0.4 is 4.74 Å². The van der Waals surface area contributed by atoms with E-state index in [2.05, 4.69) is 143 Å². The van der Waals surface area contributed by atoms with E-state index in [0.717, 1.165) is 62.5 Å². The predicted molar refractivity (Wildman–Crippen MR) is 231 cm³/mol. The third kappa shape index (κ3) is 16.5. The first kappa shape index (κ1) is 43.6. The van der Waals surface area contributed by atoms with Crippen molar-refractivity contribution in [3.05, 3.63) is 129 Å². The second-order valence-corrected chi connectivity index (χ2v) is 15.4. The molecule has 0 aromatic heterocycles. The van der Waals surface area contributed by atoms with Gasteiger partial charge in [0.2, 0.25) is 0 Å². The number of methoxy groups -OCH3 is 1. The molecule has 0 fully saturated rings. The Kier molecular flexibility index (Phi) is 20.3. The van der Waals surface area contributed by atoms with Crippen LogP contribution in [0.1, 0.15) is 150 Å². The van der Waals surface area contributed by atoms with Crippen LogP contribution >= 0.6 is 0 Å². The zero-order valence-electron chi connectivity index (χ0n) is 34.6. The molecular formula is C50H72O. The highest BCUT2D eigenvalue weighted by Gasteiger charge is 2.15. The number of hydrogen-bond donors (Lipinski definition) is 0. The maximum absolute atomic E-state index is 5.85. The van der Waals surface area contributed by atoms with Gasteiger partial charge < -0.3 is 4.74 Å². The van der Waals surface area contributed by atoms with Gasteiger partial charge in [-0.2, -0.15) is 0 Å². The number of allylic oxidation sites excluding steroid dienone is 14. The molecule has 0 spiro atoms. The average Bonchev–Trinajstić information content (AvgIpc) is 3.06. The van der Waals surface area contributed by atoms with Crippen molar-refractivity contribution in [2.24, 2.45) is 5.92 Å². The Morgan fingerprint density at radius 2 is 1.08 bits per heavy atom. The molecule has 0 saturated carbocycles. The molecule has 1 atom stereocenters. The molecule has 0 amide bonds. The van der Waals surface area contributed by atoms with E-state index < -0.39 is 0 Å². The molecule has 1 unspecified atom stereocenters. The first-order valence-electron chi connectivity index (χ1n) is 19.7. The van der Waals surface area contributed by atoms with Crippen LogP contribution in [0.4, 0.5) is 0 Å². The topological polar surface area (TPSA) is 9.23 Å².